The molecule has 0 atom stereocenters. The molecule has 0 spiro atoms. The van der Waals surface area contributed by atoms with Crippen molar-refractivity contribution in [3.05, 3.63) is 0 Å². The van der Waals surface area contributed by atoms with E-state index in [4.69, 9.17) is 0 Å². The molecule has 1 heterocycles. The van der Waals surface area contributed by atoms with E-state index < -0.39 is 0 Å². The number of rotatable bonds is 4. The van der Waals surface area contributed by atoms with Crippen LogP contribution < -0.4 is 5.32 Å². The molecule has 1 N–H and O–H groups in total. The lowest BCUT2D eigenvalue weighted by molar-refractivity contribution is -0.141. The summed E-state index contributed by atoms with van der Waals surface area (Å²) in [6.45, 7) is 6.97. The zero-order chi connectivity index (χ0) is 13.1. The minimum absolute atomic E-state index is 0.0452. The third kappa shape index (κ3) is 3.45. The van der Waals surface area contributed by atoms with Gasteiger partial charge >= 0.3 is 0 Å². The smallest absolute Gasteiger partial charge is 0.236 e. The third-order valence-electron chi connectivity index (χ3n) is 3.56. The molecule has 1 saturated heterocycles. The minimum atomic E-state index is 0.0452. The van der Waals surface area contributed by atoms with Gasteiger partial charge in [0.1, 0.15) is 0 Å². The molecule has 1 saturated carbocycles. The number of hydrogen-bond acceptors (Lipinski definition) is 3. The van der Waals surface area contributed by atoms with E-state index in [0.717, 1.165) is 0 Å². The molecule has 5 nitrogen and oxygen atoms in total. The number of hydrogen-bond donors (Lipinski definition) is 1. The summed E-state index contributed by atoms with van der Waals surface area (Å²) in [4.78, 5) is 27.4. The van der Waals surface area contributed by atoms with E-state index >= 15 is 0 Å². The minimum Gasteiger partial charge on any atom is -0.339 e. The van der Waals surface area contributed by atoms with E-state index in [1.54, 1.807) is 0 Å². The summed E-state index contributed by atoms with van der Waals surface area (Å²) in [7, 11) is 0. The quantitative estimate of drug-likeness (QED) is 0.771. The standard InChI is InChI=1S/C13H23N3O2/c1-10(2)13(18)16-7-5-15(6-8-16)12(17)9-14-11-3-4-11/h10-11,14H,3-9H2,1-2H3. The van der Waals surface area contributed by atoms with E-state index in [-0.39, 0.29) is 17.7 Å². The lowest BCUT2D eigenvalue weighted by Crippen LogP contribution is -2.53. The Kier molecular flexibility index (Phi) is 4.22. The first kappa shape index (κ1) is 13.3. The lowest BCUT2D eigenvalue weighted by atomic mass is 10.1. The number of carbonyl (C=O) groups is 2. The van der Waals surface area contributed by atoms with Crippen molar-refractivity contribution in [1.82, 2.24) is 15.1 Å². The Morgan fingerprint density at radius 1 is 1.11 bits per heavy atom. The van der Waals surface area contributed by atoms with Gasteiger partial charge in [-0.3, -0.25) is 9.59 Å². The van der Waals surface area contributed by atoms with Crippen LogP contribution in [0.25, 0.3) is 0 Å². The Labute approximate surface area is 108 Å². The highest BCUT2D eigenvalue weighted by Crippen LogP contribution is 2.18. The normalized spacial score (nSPS) is 20.4. The SMILES string of the molecule is CC(C)C(=O)N1CCN(C(=O)CNC2CC2)CC1. The molecule has 0 aromatic heterocycles. The van der Waals surface area contributed by atoms with E-state index in [9.17, 15) is 9.59 Å². The number of amides is 2. The van der Waals surface area contributed by atoms with Crippen molar-refractivity contribution in [2.45, 2.75) is 32.7 Å². The summed E-state index contributed by atoms with van der Waals surface area (Å²) in [5.41, 5.74) is 0. The average molecular weight is 253 g/mol. The van der Waals surface area contributed by atoms with Crippen molar-refractivity contribution in [3.8, 4) is 0 Å². The highest BCUT2D eigenvalue weighted by molar-refractivity contribution is 5.80. The fraction of sp³-hybridized carbons (Fsp3) is 0.846. The van der Waals surface area contributed by atoms with Crippen LogP contribution in [-0.2, 0) is 9.59 Å². The Bertz CT molecular complexity index is 318. The second-order valence-corrected chi connectivity index (χ2v) is 5.52. The molecular formula is C13H23N3O2. The van der Waals surface area contributed by atoms with Gasteiger partial charge in [0.25, 0.3) is 0 Å². The van der Waals surface area contributed by atoms with Crippen molar-refractivity contribution in [2.75, 3.05) is 32.7 Å². The molecule has 2 amide bonds. The monoisotopic (exact) mass is 253 g/mol. The fourth-order valence-corrected chi connectivity index (χ4v) is 2.17. The van der Waals surface area contributed by atoms with Crippen LogP contribution in [0.1, 0.15) is 26.7 Å². The Balaban J connectivity index is 1.71. The lowest BCUT2D eigenvalue weighted by Gasteiger charge is -2.35. The summed E-state index contributed by atoms with van der Waals surface area (Å²) < 4.78 is 0. The molecule has 5 heteroatoms. The first-order chi connectivity index (χ1) is 8.58. The van der Waals surface area contributed by atoms with Crippen LogP contribution in [0.4, 0.5) is 0 Å². The summed E-state index contributed by atoms with van der Waals surface area (Å²) in [6.07, 6.45) is 2.40. The molecular weight excluding hydrogens is 230 g/mol. The highest BCUT2D eigenvalue weighted by atomic mass is 16.2. The number of nitrogens with zero attached hydrogens (tertiary/aromatic N) is 2. The molecule has 18 heavy (non-hydrogen) atoms. The van der Waals surface area contributed by atoms with Crippen LogP contribution in [0.5, 0.6) is 0 Å². The van der Waals surface area contributed by atoms with Gasteiger partial charge in [-0.25, -0.2) is 0 Å². The van der Waals surface area contributed by atoms with Crippen LogP contribution in [0.2, 0.25) is 0 Å². The first-order valence-electron chi connectivity index (χ1n) is 6.88. The van der Waals surface area contributed by atoms with Crippen LogP contribution in [-0.4, -0.2) is 60.4 Å². The Hall–Kier alpha value is -1.10. The predicted molar refractivity (Wildman–Crippen MR) is 69.0 cm³/mol. The molecule has 0 aromatic rings. The molecule has 1 aliphatic heterocycles. The van der Waals surface area contributed by atoms with Crippen molar-refractivity contribution in [3.63, 3.8) is 0 Å². The maximum absolute atomic E-state index is 11.9. The second kappa shape index (κ2) is 5.69. The molecule has 0 unspecified atom stereocenters. The van der Waals surface area contributed by atoms with Crippen LogP contribution in [0.3, 0.4) is 0 Å². The van der Waals surface area contributed by atoms with Crippen molar-refractivity contribution < 1.29 is 9.59 Å². The summed E-state index contributed by atoms with van der Waals surface area (Å²) in [5, 5.41) is 3.23. The fourth-order valence-electron chi connectivity index (χ4n) is 2.17. The maximum atomic E-state index is 11.9. The van der Waals surface area contributed by atoms with Crippen LogP contribution in [0, 0.1) is 5.92 Å². The highest BCUT2D eigenvalue weighted by Gasteiger charge is 2.26. The van der Waals surface area contributed by atoms with E-state index in [0.29, 0.717) is 38.8 Å². The molecule has 2 fully saturated rings. The van der Waals surface area contributed by atoms with Gasteiger partial charge in [-0.2, -0.15) is 0 Å². The van der Waals surface area contributed by atoms with Gasteiger partial charge in [0, 0.05) is 38.1 Å². The zero-order valence-electron chi connectivity index (χ0n) is 11.3. The average Bonchev–Trinajstić information content (AvgIpc) is 3.19. The number of nitrogens with one attached hydrogen (secondary N) is 1. The topological polar surface area (TPSA) is 52.7 Å². The van der Waals surface area contributed by atoms with Crippen LogP contribution in [0.15, 0.2) is 0 Å². The first-order valence-corrected chi connectivity index (χ1v) is 6.88. The van der Waals surface area contributed by atoms with Crippen molar-refractivity contribution >= 4 is 11.8 Å². The third-order valence-corrected chi connectivity index (χ3v) is 3.56. The molecule has 1 aliphatic carbocycles. The molecule has 0 aromatic carbocycles. The van der Waals surface area contributed by atoms with Gasteiger partial charge in [-0.15, -0.1) is 0 Å². The van der Waals surface area contributed by atoms with Crippen LogP contribution >= 0.6 is 0 Å². The molecule has 2 rings (SSSR count). The second-order valence-electron chi connectivity index (χ2n) is 5.52. The Morgan fingerprint density at radius 2 is 1.67 bits per heavy atom. The van der Waals surface area contributed by atoms with Gasteiger partial charge in [-0.05, 0) is 12.8 Å². The van der Waals surface area contributed by atoms with E-state index in [1.807, 2.05) is 23.6 Å². The molecule has 102 valence electrons. The molecule has 0 radical (unpaired) electrons. The summed E-state index contributed by atoms with van der Waals surface area (Å²) in [6, 6.07) is 0.567. The Morgan fingerprint density at radius 3 is 2.17 bits per heavy atom. The van der Waals surface area contributed by atoms with Crippen molar-refractivity contribution in [1.29, 1.82) is 0 Å². The number of piperazine rings is 1. The van der Waals surface area contributed by atoms with Gasteiger partial charge in [-0.1, -0.05) is 13.8 Å². The van der Waals surface area contributed by atoms with Gasteiger partial charge in [0.05, 0.1) is 6.54 Å². The van der Waals surface area contributed by atoms with E-state index in [1.165, 1.54) is 12.8 Å². The zero-order valence-corrected chi connectivity index (χ0v) is 11.3. The van der Waals surface area contributed by atoms with Crippen molar-refractivity contribution in [2.24, 2.45) is 5.92 Å². The van der Waals surface area contributed by atoms with Gasteiger partial charge in [0.15, 0.2) is 0 Å². The molecule has 2 aliphatic rings. The van der Waals surface area contributed by atoms with Gasteiger partial charge in [0.2, 0.25) is 11.8 Å². The van der Waals surface area contributed by atoms with Gasteiger partial charge < -0.3 is 15.1 Å². The summed E-state index contributed by atoms with van der Waals surface area (Å²) >= 11 is 0. The maximum Gasteiger partial charge on any atom is 0.236 e. The van der Waals surface area contributed by atoms with E-state index in [2.05, 4.69) is 5.32 Å². The number of carbonyl (C=O) groups excluding carboxylic acids is 2. The predicted octanol–water partition coefficient (Wildman–Crippen LogP) is 0.0652. The molecule has 0 bridgehead atoms. The largest absolute Gasteiger partial charge is 0.339 e. The summed E-state index contributed by atoms with van der Waals surface area (Å²) in [5.74, 6) is 0.403.